The fourth-order valence-corrected chi connectivity index (χ4v) is 2.32. The number of aliphatic hydroxyl groups is 1. The van der Waals surface area contributed by atoms with Crippen LogP contribution in [-0.4, -0.2) is 12.2 Å². The Labute approximate surface area is 118 Å². The highest BCUT2D eigenvalue weighted by Gasteiger charge is 2.14. The van der Waals surface area contributed by atoms with Gasteiger partial charge in [-0.15, -0.1) is 0 Å². The van der Waals surface area contributed by atoms with Crippen molar-refractivity contribution in [1.82, 2.24) is 0 Å². The number of hydrogen-bond donors (Lipinski definition) is 1. The maximum atomic E-state index is 10.4. The van der Waals surface area contributed by atoms with Crippen molar-refractivity contribution in [1.29, 1.82) is 0 Å². The molecule has 0 heterocycles. The van der Waals surface area contributed by atoms with E-state index in [1.807, 2.05) is 49.4 Å². The Morgan fingerprint density at radius 1 is 1.21 bits per heavy atom. The van der Waals surface area contributed by atoms with Crippen molar-refractivity contribution >= 4 is 11.6 Å². The average Bonchev–Trinajstić information content (AvgIpc) is 2.38. The lowest BCUT2D eigenvalue weighted by molar-refractivity contribution is 0.174. The molecule has 1 unspecified atom stereocenters. The number of halogens is 1. The van der Waals surface area contributed by atoms with Crippen molar-refractivity contribution in [3.63, 3.8) is 0 Å². The van der Waals surface area contributed by atoms with E-state index in [0.717, 1.165) is 16.7 Å². The Morgan fingerprint density at radius 2 is 2.00 bits per heavy atom. The topological polar surface area (TPSA) is 29.5 Å². The summed E-state index contributed by atoms with van der Waals surface area (Å²) < 4.78 is 5.30. The zero-order chi connectivity index (χ0) is 13.8. The molecule has 3 heteroatoms. The lowest BCUT2D eigenvalue weighted by Gasteiger charge is -2.15. The highest BCUT2D eigenvalue weighted by molar-refractivity contribution is 6.30. The van der Waals surface area contributed by atoms with Gasteiger partial charge in [0.2, 0.25) is 0 Å². The molecule has 2 nitrogen and oxygen atoms in total. The lowest BCUT2D eigenvalue weighted by Crippen LogP contribution is -2.04. The highest BCUT2D eigenvalue weighted by atomic mass is 35.5. The molecule has 19 heavy (non-hydrogen) atoms. The standard InChI is InChI=1S/C16H17ClO2/c1-11-6-7-16(19-2)14(8-11)15(18)10-12-4-3-5-13(17)9-12/h3-9,15,18H,10H2,1-2H3. The minimum absolute atomic E-state index is 0.514. The van der Waals surface area contributed by atoms with Gasteiger partial charge in [-0.25, -0.2) is 0 Å². The molecule has 1 N–H and O–H groups in total. The van der Waals surface area contributed by atoms with Crippen LogP contribution in [0.5, 0.6) is 5.75 Å². The number of hydrogen-bond acceptors (Lipinski definition) is 2. The molecule has 100 valence electrons. The first-order valence-electron chi connectivity index (χ1n) is 6.17. The average molecular weight is 277 g/mol. The summed E-state index contributed by atoms with van der Waals surface area (Å²) in [7, 11) is 1.61. The van der Waals surface area contributed by atoms with Gasteiger partial charge in [0.1, 0.15) is 5.75 Å². The quantitative estimate of drug-likeness (QED) is 0.917. The highest BCUT2D eigenvalue weighted by Crippen LogP contribution is 2.29. The smallest absolute Gasteiger partial charge is 0.124 e. The summed E-state index contributed by atoms with van der Waals surface area (Å²) in [6.07, 6.45) is -0.0892. The number of aliphatic hydroxyl groups excluding tert-OH is 1. The van der Waals surface area contributed by atoms with Crippen molar-refractivity contribution < 1.29 is 9.84 Å². The van der Waals surface area contributed by atoms with Gasteiger partial charge in [0, 0.05) is 17.0 Å². The van der Waals surface area contributed by atoms with Crippen LogP contribution in [0.2, 0.25) is 5.02 Å². The van der Waals surface area contributed by atoms with E-state index in [0.29, 0.717) is 17.2 Å². The number of methoxy groups -OCH3 is 1. The molecule has 0 aliphatic heterocycles. The molecule has 1 atom stereocenters. The third kappa shape index (κ3) is 3.49. The SMILES string of the molecule is COc1ccc(C)cc1C(O)Cc1cccc(Cl)c1. The number of ether oxygens (including phenoxy) is 1. The predicted octanol–water partition coefficient (Wildman–Crippen LogP) is 3.93. The van der Waals surface area contributed by atoms with Gasteiger partial charge in [-0.05, 0) is 36.8 Å². The number of benzene rings is 2. The van der Waals surface area contributed by atoms with Gasteiger partial charge in [0.15, 0.2) is 0 Å². The molecule has 0 saturated carbocycles. The van der Waals surface area contributed by atoms with Gasteiger partial charge in [0.05, 0.1) is 13.2 Å². The van der Waals surface area contributed by atoms with Gasteiger partial charge in [0.25, 0.3) is 0 Å². The maximum Gasteiger partial charge on any atom is 0.124 e. The van der Waals surface area contributed by atoms with E-state index in [-0.39, 0.29) is 0 Å². The van der Waals surface area contributed by atoms with E-state index in [1.54, 1.807) is 7.11 Å². The van der Waals surface area contributed by atoms with Crippen molar-refractivity contribution in [2.45, 2.75) is 19.4 Å². The second-order valence-corrected chi connectivity index (χ2v) is 5.03. The van der Waals surface area contributed by atoms with Crippen LogP contribution in [0.15, 0.2) is 42.5 Å². The largest absolute Gasteiger partial charge is 0.496 e. The summed E-state index contributed by atoms with van der Waals surface area (Å²) >= 11 is 5.95. The van der Waals surface area contributed by atoms with Crippen LogP contribution in [0.1, 0.15) is 22.8 Å². The van der Waals surface area contributed by atoms with E-state index >= 15 is 0 Å². The molecule has 0 aromatic heterocycles. The monoisotopic (exact) mass is 276 g/mol. The molecule has 0 fully saturated rings. The molecule has 0 aliphatic carbocycles. The first kappa shape index (κ1) is 13.9. The third-order valence-corrected chi connectivity index (χ3v) is 3.30. The fraction of sp³-hybridized carbons (Fsp3) is 0.250. The van der Waals surface area contributed by atoms with Crippen LogP contribution in [0.4, 0.5) is 0 Å². The predicted molar refractivity (Wildman–Crippen MR) is 77.8 cm³/mol. The molecule has 0 radical (unpaired) electrons. The van der Waals surface area contributed by atoms with Gasteiger partial charge in [-0.2, -0.15) is 0 Å². The Balaban J connectivity index is 2.24. The Morgan fingerprint density at radius 3 is 2.68 bits per heavy atom. The zero-order valence-corrected chi connectivity index (χ0v) is 11.8. The maximum absolute atomic E-state index is 10.4. The molecular weight excluding hydrogens is 260 g/mol. The molecule has 2 aromatic rings. The Kier molecular flexibility index (Phi) is 4.46. The molecule has 0 aliphatic rings. The summed E-state index contributed by atoms with van der Waals surface area (Å²) in [5, 5.41) is 11.1. The van der Waals surface area contributed by atoms with Crippen molar-refractivity contribution in [2.24, 2.45) is 0 Å². The van der Waals surface area contributed by atoms with E-state index in [1.165, 1.54) is 0 Å². The Hall–Kier alpha value is -1.51. The summed E-state index contributed by atoms with van der Waals surface area (Å²) in [5.41, 5.74) is 2.91. The first-order valence-corrected chi connectivity index (χ1v) is 6.55. The van der Waals surface area contributed by atoms with Crippen LogP contribution in [0.3, 0.4) is 0 Å². The molecular formula is C16H17ClO2. The van der Waals surface area contributed by atoms with Gasteiger partial charge in [-0.3, -0.25) is 0 Å². The summed E-state index contributed by atoms with van der Waals surface area (Å²) in [4.78, 5) is 0. The van der Waals surface area contributed by atoms with Crippen LogP contribution in [-0.2, 0) is 6.42 Å². The minimum atomic E-state index is -0.603. The summed E-state index contributed by atoms with van der Waals surface area (Å²) in [6.45, 7) is 2.00. The van der Waals surface area contributed by atoms with E-state index in [4.69, 9.17) is 16.3 Å². The zero-order valence-electron chi connectivity index (χ0n) is 11.1. The normalized spacial score (nSPS) is 12.2. The second kappa shape index (κ2) is 6.09. The van der Waals surface area contributed by atoms with E-state index in [2.05, 4.69) is 0 Å². The fourth-order valence-electron chi connectivity index (χ4n) is 2.11. The van der Waals surface area contributed by atoms with Crippen LogP contribution >= 0.6 is 11.6 Å². The third-order valence-electron chi connectivity index (χ3n) is 3.06. The van der Waals surface area contributed by atoms with Gasteiger partial charge < -0.3 is 9.84 Å². The summed E-state index contributed by atoms with van der Waals surface area (Å²) in [5.74, 6) is 0.708. The molecule has 0 spiro atoms. The van der Waals surface area contributed by atoms with E-state index < -0.39 is 6.10 Å². The molecule has 0 bridgehead atoms. The first-order chi connectivity index (χ1) is 9.10. The minimum Gasteiger partial charge on any atom is -0.496 e. The molecule has 2 aromatic carbocycles. The lowest BCUT2D eigenvalue weighted by atomic mass is 9.99. The number of rotatable bonds is 4. The Bertz CT molecular complexity index is 566. The molecule has 0 amide bonds. The molecule has 0 saturated heterocycles. The van der Waals surface area contributed by atoms with Crippen molar-refractivity contribution in [3.05, 3.63) is 64.2 Å². The van der Waals surface area contributed by atoms with Crippen LogP contribution in [0, 0.1) is 6.92 Å². The van der Waals surface area contributed by atoms with Crippen molar-refractivity contribution in [3.8, 4) is 5.75 Å². The van der Waals surface area contributed by atoms with Gasteiger partial charge >= 0.3 is 0 Å². The number of aryl methyl sites for hydroxylation is 1. The second-order valence-electron chi connectivity index (χ2n) is 4.60. The van der Waals surface area contributed by atoms with E-state index in [9.17, 15) is 5.11 Å². The van der Waals surface area contributed by atoms with Crippen LogP contribution < -0.4 is 4.74 Å². The molecule has 2 rings (SSSR count). The van der Waals surface area contributed by atoms with Crippen LogP contribution in [0.25, 0.3) is 0 Å². The van der Waals surface area contributed by atoms with Gasteiger partial charge in [-0.1, -0.05) is 35.4 Å². The summed E-state index contributed by atoms with van der Waals surface area (Å²) in [6, 6.07) is 13.3. The van der Waals surface area contributed by atoms with Crippen molar-refractivity contribution in [2.75, 3.05) is 7.11 Å².